The molecule has 0 atom stereocenters. The van der Waals surface area contributed by atoms with Crippen molar-refractivity contribution in [2.75, 3.05) is 10.6 Å². The van der Waals surface area contributed by atoms with Gasteiger partial charge in [-0.3, -0.25) is 4.90 Å². The fourth-order valence-corrected chi connectivity index (χ4v) is 2.67. The van der Waals surface area contributed by atoms with Crippen LogP contribution in [0.4, 0.5) is 25.4 Å². The maximum atomic E-state index is 13.6. The van der Waals surface area contributed by atoms with E-state index < -0.39 is 23.5 Å². The number of benzene rings is 2. The highest BCUT2D eigenvalue weighted by atomic mass is 19.1. The molecule has 0 bridgehead atoms. The van der Waals surface area contributed by atoms with Crippen LogP contribution in [0.15, 0.2) is 48.7 Å². The highest BCUT2D eigenvalue weighted by molar-refractivity contribution is 6.00. The van der Waals surface area contributed by atoms with Crippen molar-refractivity contribution >= 4 is 29.6 Å². The second-order valence-corrected chi connectivity index (χ2v) is 7.40. The summed E-state index contributed by atoms with van der Waals surface area (Å²) in [5, 5.41) is 5.15. The maximum Gasteiger partial charge on any atom is 0.414 e. The molecule has 1 aliphatic rings. The van der Waals surface area contributed by atoms with Crippen molar-refractivity contribution in [1.29, 1.82) is 0 Å². The molecule has 2 aromatic carbocycles. The minimum absolute atomic E-state index is 0.103. The van der Waals surface area contributed by atoms with Crippen LogP contribution >= 0.6 is 0 Å². The summed E-state index contributed by atoms with van der Waals surface area (Å²) in [5.74, 6) is -0.506. The molecular formula is C21H22FN3O3. The summed E-state index contributed by atoms with van der Waals surface area (Å²) >= 11 is 0. The first-order valence-electron chi connectivity index (χ1n) is 8.84. The minimum Gasteiger partial charge on any atom is -0.443 e. The SMILES string of the molecule is CC(C)(C)OC(=O)N1C=Cc2cc(NC(=O)Nc3ccccc3F)ccc2C1. The van der Waals surface area contributed by atoms with Gasteiger partial charge in [0.15, 0.2) is 0 Å². The second kappa shape index (κ2) is 7.72. The van der Waals surface area contributed by atoms with Crippen molar-refractivity contribution in [3.63, 3.8) is 0 Å². The Bertz CT molecular complexity index is 935. The Morgan fingerprint density at radius 1 is 1.11 bits per heavy atom. The summed E-state index contributed by atoms with van der Waals surface area (Å²) in [4.78, 5) is 25.8. The molecule has 0 unspecified atom stereocenters. The van der Waals surface area contributed by atoms with Gasteiger partial charge in [0.2, 0.25) is 0 Å². The molecule has 1 aliphatic heterocycles. The van der Waals surface area contributed by atoms with Gasteiger partial charge in [0.05, 0.1) is 12.2 Å². The fourth-order valence-electron chi connectivity index (χ4n) is 2.67. The van der Waals surface area contributed by atoms with E-state index in [1.807, 2.05) is 26.8 Å². The van der Waals surface area contributed by atoms with Crippen molar-refractivity contribution < 1.29 is 18.7 Å². The molecule has 2 N–H and O–H groups in total. The lowest BCUT2D eigenvalue weighted by Gasteiger charge is -2.27. The summed E-state index contributed by atoms with van der Waals surface area (Å²) < 4.78 is 19.0. The summed E-state index contributed by atoms with van der Waals surface area (Å²) in [6.45, 7) is 5.83. The molecule has 0 saturated carbocycles. The van der Waals surface area contributed by atoms with E-state index in [1.165, 1.54) is 17.0 Å². The van der Waals surface area contributed by atoms with E-state index in [0.29, 0.717) is 12.2 Å². The lowest BCUT2D eigenvalue weighted by molar-refractivity contribution is 0.0322. The lowest BCUT2D eigenvalue weighted by atomic mass is 10.0. The molecule has 0 spiro atoms. The normalized spacial score (nSPS) is 12.9. The van der Waals surface area contributed by atoms with Gasteiger partial charge < -0.3 is 15.4 Å². The Kier molecular flexibility index (Phi) is 5.35. The average molecular weight is 383 g/mol. The molecule has 0 aliphatic carbocycles. The van der Waals surface area contributed by atoms with Gasteiger partial charge in [-0.05, 0) is 62.2 Å². The van der Waals surface area contributed by atoms with E-state index in [1.54, 1.807) is 36.5 Å². The van der Waals surface area contributed by atoms with Crippen molar-refractivity contribution in [1.82, 2.24) is 4.90 Å². The van der Waals surface area contributed by atoms with Crippen LogP contribution in [0.5, 0.6) is 0 Å². The van der Waals surface area contributed by atoms with Crippen LogP contribution in [0, 0.1) is 5.82 Å². The Balaban J connectivity index is 1.65. The van der Waals surface area contributed by atoms with Crippen LogP contribution in [0.1, 0.15) is 31.9 Å². The summed E-state index contributed by atoms with van der Waals surface area (Å²) in [6.07, 6.45) is 3.02. The smallest absolute Gasteiger partial charge is 0.414 e. The van der Waals surface area contributed by atoms with Gasteiger partial charge in [-0.25, -0.2) is 14.0 Å². The topological polar surface area (TPSA) is 70.7 Å². The first-order chi connectivity index (χ1) is 13.2. The number of carbonyl (C=O) groups is 2. The number of anilines is 2. The number of amides is 3. The highest BCUT2D eigenvalue weighted by Gasteiger charge is 2.23. The molecule has 0 aromatic heterocycles. The summed E-state index contributed by atoms with van der Waals surface area (Å²) in [5.41, 5.74) is 1.90. The van der Waals surface area contributed by atoms with Crippen molar-refractivity contribution in [3.05, 3.63) is 65.6 Å². The Hall–Kier alpha value is -3.35. The largest absolute Gasteiger partial charge is 0.443 e. The standard InChI is InChI=1S/C21H22FN3O3/c1-21(2,3)28-20(27)25-11-10-14-12-16(9-8-15(14)13-25)23-19(26)24-18-7-5-4-6-17(18)22/h4-12H,13H2,1-3H3,(H2,23,24,26). The Morgan fingerprint density at radius 2 is 1.86 bits per heavy atom. The fraction of sp³-hybridized carbons (Fsp3) is 0.238. The first-order valence-corrected chi connectivity index (χ1v) is 8.84. The number of hydrogen-bond donors (Lipinski definition) is 2. The number of carbonyl (C=O) groups excluding carboxylic acids is 2. The molecule has 2 aromatic rings. The lowest BCUT2D eigenvalue weighted by Crippen LogP contribution is -2.34. The highest BCUT2D eigenvalue weighted by Crippen LogP contribution is 2.25. The van der Waals surface area contributed by atoms with Crippen LogP contribution in [-0.4, -0.2) is 22.6 Å². The molecule has 0 radical (unpaired) electrons. The van der Waals surface area contributed by atoms with E-state index >= 15 is 0 Å². The van der Waals surface area contributed by atoms with E-state index in [2.05, 4.69) is 10.6 Å². The number of ether oxygens (including phenoxy) is 1. The molecule has 0 fully saturated rings. The molecule has 3 amide bonds. The molecule has 6 nitrogen and oxygen atoms in total. The van der Waals surface area contributed by atoms with Gasteiger partial charge in [0.1, 0.15) is 11.4 Å². The molecule has 3 rings (SSSR count). The third-order valence-electron chi connectivity index (χ3n) is 3.93. The van der Waals surface area contributed by atoms with Gasteiger partial charge in [0, 0.05) is 11.9 Å². The van der Waals surface area contributed by atoms with Gasteiger partial charge in [-0.2, -0.15) is 0 Å². The average Bonchev–Trinajstić information content (AvgIpc) is 2.61. The molecule has 1 heterocycles. The quantitative estimate of drug-likeness (QED) is 0.750. The van der Waals surface area contributed by atoms with E-state index in [0.717, 1.165) is 11.1 Å². The van der Waals surface area contributed by atoms with Crippen LogP contribution in [0.25, 0.3) is 6.08 Å². The third kappa shape index (κ3) is 4.88. The van der Waals surface area contributed by atoms with Crippen LogP contribution in [0.2, 0.25) is 0 Å². The number of fused-ring (bicyclic) bond motifs is 1. The summed E-state index contributed by atoms with van der Waals surface area (Å²) in [7, 11) is 0. The minimum atomic E-state index is -0.565. The number of para-hydroxylation sites is 1. The number of urea groups is 1. The maximum absolute atomic E-state index is 13.6. The molecule has 0 saturated heterocycles. The van der Waals surface area contributed by atoms with E-state index in [9.17, 15) is 14.0 Å². The zero-order valence-corrected chi connectivity index (χ0v) is 16.0. The monoisotopic (exact) mass is 383 g/mol. The van der Waals surface area contributed by atoms with Crippen molar-refractivity contribution in [2.45, 2.75) is 32.9 Å². The zero-order valence-electron chi connectivity index (χ0n) is 16.0. The van der Waals surface area contributed by atoms with E-state index in [4.69, 9.17) is 4.74 Å². The molecule has 146 valence electrons. The number of rotatable bonds is 2. The van der Waals surface area contributed by atoms with Crippen molar-refractivity contribution in [2.24, 2.45) is 0 Å². The van der Waals surface area contributed by atoms with Gasteiger partial charge in [-0.15, -0.1) is 0 Å². The van der Waals surface area contributed by atoms with Gasteiger partial charge in [0.25, 0.3) is 0 Å². The number of halogens is 1. The van der Waals surface area contributed by atoms with Crippen molar-refractivity contribution in [3.8, 4) is 0 Å². The van der Waals surface area contributed by atoms with Crippen LogP contribution in [0.3, 0.4) is 0 Å². The first kappa shape index (κ1) is 19.4. The summed E-state index contributed by atoms with van der Waals surface area (Å²) in [6, 6.07) is 10.7. The van der Waals surface area contributed by atoms with E-state index in [-0.39, 0.29) is 5.69 Å². The number of nitrogens with one attached hydrogen (secondary N) is 2. The van der Waals surface area contributed by atoms with Gasteiger partial charge in [-0.1, -0.05) is 18.2 Å². The predicted molar refractivity (Wildman–Crippen MR) is 106 cm³/mol. The molecular weight excluding hydrogens is 361 g/mol. The van der Waals surface area contributed by atoms with Crippen LogP contribution < -0.4 is 10.6 Å². The zero-order chi connectivity index (χ0) is 20.3. The predicted octanol–water partition coefficient (Wildman–Crippen LogP) is 5.19. The number of hydrogen-bond acceptors (Lipinski definition) is 3. The molecule has 28 heavy (non-hydrogen) atoms. The second-order valence-electron chi connectivity index (χ2n) is 7.40. The Morgan fingerprint density at radius 3 is 2.57 bits per heavy atom. The van der Waals surface area contributed by atoms with Gasteiger partial charge >= 0.3 is 12.1 Å². The third-order valence-corrected chi connectivity index (χ3v) is 3.93. The molecule has 7 heteroatoms. The number of nitrogens with zero attached hydrogens (tertiary/aromatic N) is 1. The Labute approximate surface area is 163 Å². The van der Waals surface area contributed by atoms with Crippen LogP contribution in [-0.2, 0) is 11.3 Å².